The van der Waals surface area contributed by atoms with Crippen LogP contribution in [0.4, 0.5) is 0 Å². The molecular weight excluding hydrogens is 236 g/mol. The third-order valence-corrected chi connectivity index (χ3v) is 3.72. The van der Waals surface area contributed by atoms with Crippen LogP contribution in [-0.4, -0.2) is 21.0 Å². The van der Waals surface area contributed by atoms with E-state index in [4.69, 9.17) is 0 Å². The Bertz CT molecular complexity index is 531. The van der Waals surface area contributed by atoms with Crippen molar-refractivity contribution in [2.45, 2.75) is 52.7 Å². The Morgan fingerprint density at radius 2 is 2.00 bits per heavy atom. The Kier molecular flexibility index (Phi) is 4.59. The summed E-state index contributed by atoms with van der Waals surface area (Å²) in [5.41, 5.74) is 2.37. The van der Waals surface area contributed by atoms with E-state index in [1.54, 1.807) is 0 Å². The fourth-order valence-electron chi connectivity index (χ4n) is 2.43. The highest BCUT2D eigenvalue weighted by molar-refractivity contribution is 5.81. The number of rotatable bonds is 6. The van der Waals surface area contributed by atoms with Gasteiger partial charge in [-0.2, -0.15) is 5.10 Å². The second-order valence-electron chi connectivity index (χ2n) is 5.48. The lowest BCUT2D eigenvalue weighted by atomic mass is 10.0. The summed E-state index contributed by atoms with van der Waals surface area (Å²) in [6.45, 7) is 7.14. The van der Waals surface area contributed by atoms with E-state index >= 15 is 0 Å². The van der Waals surface area contributed by atoms with Crippen LogP contribution in [-0.2, 0) is 13.0 Å². The van der Waals surface area contributed by atoms with Gasteiger partial charge in [0.05, 0.1) is 17.3 Å². The lowest BCUT2D eigenvalue weighted by molar-refractivity contribution is 0.114. The zero-order valence-corrected chi connectivity index (χ0v) is 12.1. The molecule has 0 aliphatic heterocycles. The number of hydrogen-bond acceptors (Lipinski definition) is 2. The average Bonchev–Trinajstić information content (AvgIpc) is 2.77. The Balaban J connectivity index is 2.08. The monoisotopic (exact) mass is 260 g/mol. The molecule has 1 N–H and O–H groups in total. The van der Waals surface area contributed by atoms with Gasteiger partial charge in [-0.3, -0.25) is 4.68 Å². The van der Waals surface area contributed by atoms with Crippen LogP contribution in [0.1, 0.15) is 39.3 Å². The quantitative estimate of drug-likeness (QED) is 0.864. The zero-order chi connectivity index (χ0) is 13.8. The van der Waals surface area contributed by atoms with Crippen molar-refractivity contribution in [1.82, 2.24) is 9.78 Å². The van der Waals surface area contributed by atoms with E-state index in [0.29, 0.717) is 5.92 Å². The maximum Gasteiger partial charge on any atom is 0.0703 e. The molecule has 3 heteroatoms. The minimum absolute atomic E-state index is 0.195. The van der Waals surface area contributed by atoms with Gasteiger partial charge in [-0.25, -0.2) is 0 Å². The Morgan fingerprint density at radius 3 is 2.68 bits per heavy atom. The molecule has 0 radical (unpaired) electrons. The van der Waals surface area contributed by atoms with Gasteiger partial charge in [0.1, 0.15) is 0 Å². The first kappa shape index (κ1) is 14.1. The molecule has 1 aromatic carbocycles. The standard InChI is InChI=1S/C16H24N2O/c1-4-18-15-10-6-5-8-13(15)14(17-18)9-7-11-16(19)12(2)3/h5-6,8,10,12,16,19H,4,7,9,11H2,1-3H3. The molecule has 0 saturated heterocycles. The van der Waals surface area contributed by atoms with Crippen molar-refractivity contribution in [3.05, 3.63) is 30.0 Å². The van der Waals surface area contributed by atoms with Gasteiger partial charge < -0.3 is 5.11 Å². The van der Waals surface area contributed by atoms with Crippen molar-refractivity contribution in [1.29, 1.82) is 0 Å². The molecule has 2 rings (SSSR count). The molecule has 0 fully saturated rings. The molecule has 0 saturated carbocycles. The van der Waals surface area contributed by atoms with Crippen LogP contribution in [0.25, 0.3) is 10.9 Å². The van der Waals surface area contributed by atoms with Gasteiger partial charge in [0.2, 0.25) is 0 Å². The highest BCUT2D eigenvalue weighted by atomic mass is 16.3. The smallest absolute Gasteiger partial charge is 0.0703 e. The van der Waals surface area contributed by atoms with Crippen LogP contribution in [0.2, 0.25) is 0 Å². The molecular formula is C16H24N2O. The molecule has 1 atom stereocenters. The van der Waals surface area contributed by atoms with Crippen molar-refractivity contribution in [2.24, 2.45) is 5.92 Å². The van der Waals surface area contributed by atoms with E-state index in [1.807, 2.05) is 0 Å². The van der Waals surface area contributed by atoms with E-state index in [-0.39, 0.29) is 6.10 Å². The first-order valence-corrected chi connectivity index (χ1v) is 7.26. The van der Waals surface area contributed by atoms with E-state index in [0.717, 1.165) is 31.5 Å². The molecule has 104 valence electrons. The van der Waals surface area contributed by atoms with Crippen LogP contribution in [0.15, 0.2) is 24.3 Å². The second-order valence-corrected chi connectivity index (χ2v) is 5.48. The predicted octanol–water partition coefficient (Wildman–Crippen LogP) is 3.40. The summed E-state index contributed by atoms with van der Waals surface area (Å²) in [6, 6.07) is 8.39. The summed E-state index contributed by atoms with van der Waals surface area (Å²) in [7, 11) is 0. The van der Waals surface area contributed by atoms with Crippen molar-refractivity contribution in [2.75, 3.05) is 0 Å². The van der Waals surface area contributed by atoms with Crippen LogP contribution >= 0.6 is 0 Å². The summed E-state index contributed by atoms with van der Waals surface area (Å²) < 4.78 is 2.06. The largest absolute Gasteiger partial charge is 0.393 e. The van der Waals surface area contributed by atoms with Crippen molar-refractivity contribution < 1.29 is 5.11 Å². The average molecular weight is 260 g/mol. The minimum Gasteiger partial charge on any atom is -0.393 e. The molecule has 0 amide bonds. The minimum atomic E-state index is -0.195. The van der Waals surface area contributed by atoms with E-state index in [9.17, 15) is 5.11 Å². The number of aromatic nitrogens is 2. The summed E-state index contributed by atoms with van der Waals surface area (Å²) in [4.78, 5) is 0. The third kappa shape index (κ3) is 3.16. The number of aryl methyl sites for hydroxylation is 2. The molecule has 1 aromatic heterocycles. The number of para-hydroxylation sites is 1. The maximum atomic E-state index is 9.84. The first-order valence-electron chi connectivity index (χ1n) is 7.26. The topological polar surface area (TPSA) is 38.0 Å². The highest BCUT2D eigenvalue weighted by Gasteiger charge is 2.12. The molecule has 0 spiro atoms. The summed E-state index contributed by atoms with van der Waals surface area (Å²) in [6.07, 6.45) is 2.59. The zero-order valence-electron chi connectivity index (χ0n) is 12.1. The Morgan fingerprint density at radius 1 is 1.26 bits per heavy atom. The number of aliphatic hydroxyl groups excluding tert-OH is 1. The van der Waals surface area contributed by atoms with Crippen LogP contribution in [0.3, 0.4) is 0 Å². The molecule has 1 heterocycles. The molecule has 3 nitrogen and oxygen atoms in total. The normalized spacial score (nSPS) is 13.3. The predicted molar refractivity (Wildman–Crippen MR) is 79.2 cm³/mol. The number of hydrogen-bond donors (Lipinski definition) is 1. The van der Waals surface area contributed by atoms with Gasteiger partial charge in [0.15, 0.2) is 0 Å². The first-order chi connectivity index (χ1) is 9.13. The van der Waals surface area contributed by atoms with Gasteiger partial charge in [0.25, 0.3) is 0 Å². The number of nitrogens with zero attached hydrogens (tertiary/aromatic N) is 2. The Labute approximate surface area is 115 Å². The second kappa shape index (κ2) is 6.20. The lowest BCUT2D eigenvalue weighted by Crippen LogP contribution is -2.14. The lowest BCUT2D eigenvalue weighted by Gasteiger charge is -2.13. The molecule has 0 aliphatic carbocycles. The molecule has 0 aliphatic rings. The van der Waals surface area contributed by atoms with E-state index in [1.165, 1.54) is 10.9 Å². The summed E-state index contributed by atoms with van der Waals surface area (Å²) in [5, 5.41) is 15.8. The highest BCUT2D eigenvalue weighted by Crippen LogP contribution is 2.20. The van der Waals surface area contributed by atoms with Crippen LogP contribution in [0, 0.1) is 5.92 Å². The van der Waals surface area contributed by atoms with Crippen molar-refractivity contribution in [3.63, 3.8) is 0 Å². The van der Waals surface area contributed by atoms with Gasteiger partial charge >= 0.3 is 0 Å². The van der Waals surface area contributed by atoms with Gasteiger partial charge in [-0.15, -0.1) is 0 Å². The maximum absolute atomic E-state index is 9.84. The number of fused-ring (bicyclic) bond motifs is 1. The molecule has 2 aromatic rings. The Hall–Kier alpha value is -1.35. The summed E-state index contributed by atoms with van der Waals surface area (Å²) in [5.74, 6) is 0.338. The SMILES string of the molecule is CCn1nc(CCCC(O)C(C)C)c2ccccc21. The van der Waals surface area contributed by atoms with Gasteiger partial charge in [0, 0.05) is 11.9 Å². The molecule has 0 bridgehead atoms. The van der Waals surface area contributed by atoms with Crippen molar-refractivity contribution >= 4 is 10.9 Å². The van der Waals surface area contributed by atoms with Crippen LogP contribution in [0.5, 0.6) is 0 Å². The van der Waals surface area contributed by atoms with E-state index in [2.05, 4.69) is 54.8 Å². The van der Waals surface area contributed by atoms with Gasteiger partial charge in [-0.1, -0.05) is 32.0 Å². The van der Waals surface area contributed by atoms with Gasteiger partial charge in [-0.05, 0) is 38.2 Å². The molecule has 1 unspecified atom stereocenters. The van der Waals surface area contributed by atoms with Crippen molar-refractivity contribution in [3.8, 4) is 0 Å². The van der Waals surface area contributed by atoms with Crippen LogP contribution < -0.4 is 0 Å². The number of aliphatic hydroxyl groups is 1. The summed E-state index contributed by atoms with van der Waals surface area (Å²) >= 11 is 0. The van der Waals surface area contributed by atoms with E-state index < -0.39 is 0 Å². The third-order valence-electron chi connectivity index (χ3n) is 3.72. The fourth-order valence-corrected chi connectivity index (χ4v) is 2.43. The fraction of sp³-hybridized carbons (Fsp3) is 0.562. The molecule has 19 heavy (non-hydrogen) atoms. The number of benzene rings is 1.